The number of amides is 1. The van der Waals surface area contributed by atoms with Gasteiger partial charge in [0.25, 0.3) is 5.91 Å². The molecule has 1 spiro atoms. The van der Waals surface area contributed by atoms with Crippen molar-refractivity contribution < 1.29 is 14.3 Å². The van der Waals surface area contributed by atoms with Crippen molar-refractivity contribution in [2.75, 3.05) is 26.3 Å². The van der Waals surface area contributed by atoms with Crippen molar-refractivity contribution in [1.82, 2.24) is 14.9 Å². The van der Waals surface area contributed by atoms with Crippen LogP contribution in [0.15, 0.2) is 54.7 Å². The molecule has 3 aromatic rings. The molecule has 1 aromatic carbocycles. The zero-order chi connectivity index (χ0) is 19.7. The fourth-order valence-electron chi connectivity index (χ4n) is 4.53. The third-order valence-corrected chi connectivity index (χ3v) is 6.15. The Hall–Kier alpha value is -2.70. The quantitative estimate of drug-likeness (QED) is 0.654. The highest BCUT2D eigenvalue weighted by molar-refractivity contribution is 5.98. The predicted octanol–water partition coefficient (Wildman–Crippen LogP) is 3.40. The summed E-state index contributed by atoms with van der Waals surface area (Å²) in [6, 6.07) is 15.7. The zero-order valence-corrected chi connectivity index (χ0v) is 16.3. The Kier molecular flexibility index (Phi) is 4.81. The third kappa shape index (κ3) is 3.54. The van der Waals surface area contributed by atoms with Gasteiger partial charge in [0.1, 0.15) is 11.3 Å². The number of benzene rings is 1. The Bertz CT molecular complexity index is 962. The van der Waals surface area contributed by atoms with E-state index in [4.69, 9.17) is 9.47 Å². The number of hydrogen-bond acceptors (Lipinski definition) is 4. The molecule has 0 saturated carbocycles. The van der Waals surface area contributed by atoms with E-state index in [1.807, 2.05) is 53.4 Å². The third-order valence-electron chi connectivity index (χ3n) is 6.15. The molecule has 1 amide bonds. The lowest BCUT2D eigenvalue weighted by molar-refractivity contribution is -0.120. The lowest BCUT2D eigenvalue weighted by Crippen LogP contribution is -2.66. The minimum absolute atomic E-state index is 0.0486. The number of pyridine rings is 1. The van der Waals surface area contributed by atoms with Crippen LogP contribution in [0.2, 0.25) is 0 Å². The molecule has 6 heteroatoms. The van der Waals surface area contributed by atoms with Gasteiger partial charge in [-0.05, 0) is 43.0 Å². The van der Waals surface area contributed by atoms with Gasteiger partial charge in [0.15, 0.2) is 0 Å². The van der Waals surface area contributed by atoms with E-state index in [9.17, 15) is 4.79 Å². The van der Waals surface area contributed by atoms with Crippen LogP contribution in [0.5, 0.6) is 0 Å². The number of fused-ring (bicyclic) bond motifs is 1. The predicted molar refractivity (Wildman–Crippen MR) is 110 cm³/mol. The number of ether oxygens (including phenoxy) is 2. The minimum Gasteiger partial charge on any atom is -0.375 e. The fraction of sp³-hybridized carbons (Fsp3) is 0.391. The van der Waals surface area contributed by atoms with Crippen LogP contribution in [-0.4, -0.2) is 52.7 Å². The minimum atomic E-state index is -0.198. The summed E-state index contributed by atoms with van der Waals surface area (Å²) < 4.78 is 11.9. The van der Waals surface area contributed by atoms with Crippen LogP contribution in [0.1, 0.15) is 29.0 Å². The molecule has 4 heterocycles. The summed E-state index contributed by atoms with van der Waals surface area (Å²) in [5, 5.41) is 1.06. The normalized spacial score (nSPS) is 20.3. The molecule has 0 unspecified atom stereocenters. The van der Waals surface area contributed by atoms with Gasteiger partial charge in [-0.15, -0.1) is 0 Å². The highest BCUT2D eigenvalue weighted by Gasteiger charge is 2.54. The summed E-state index contributed by atoms with van der Waals surface area (Å²) >= 11 is 0. The van der Waals surface area contributed by atoms with Gasteiger partial charge in [0.2, 0.25) is 0 Å². The zero-order valence-electron chi connectivity index (χ0n) is 16.3. The molecule has 2 aliphatic rings. The molecule has 6 nitrogen and oxygen atoms in total. The van der Waals surface area contributed by atoms with E-state index in [-0.39, 0.29) is 11.5 Å². The maximum atomic E-state index is 12.9. The van der Waals surface area contributed by atoms with Gasteiger partial charge in [-0.25, -0.2) is 0 Å². The van der Waals surface area contributed by atoms with E-state index in [0.717, 1.165) is 36.0 Å². The number of nitrogens with one attached hydrogen (secondary N) is 1. The van der Waals surface area contributed by atoms with Gasteiger partial charge < -0.3 is 19.4 Å². The Balaban J connectivity index is 1.15. The number of carbonyl (C=O) groups excluding carboxylic acids is 1. The second kappa shape index (κ2) is 7.61. The largest absolute Gasteiger partial charge is 0.375 e. The van der Waals surface area contributed by atoms with Gasteiger partial charge in [0, 0.05) is 30.3 Å². The van der Waals surface area contributed by atoms with Crippen molar-refractivity contribution >= 4 is 16.8 Å². The second-order valence-electron chi connectivity index (χ2n) is 7.99. The topological polar surface area (TPSA) is 67.5 Å². The Labute approximate surface area is 169 Å². The molecular formula is C23H25N3O3. The number of para-hydroxylation sites is 1. The molecule has 0 aliphatic carbocycles. The first kappa shape index (κ1) is 18.3. The molecule has 2 aromatic heterocycles. The first-order valence-corrected chi connectivity index (χ1v) is 10.2. The molecule has 1 N–H and O–H groups in total. The maximum absolute atomic E-state index is 12.9. The highest BCUT2D eigenvalue weighted by atomic mass is 16.5. The van der Waals surface area contributed by atoms with Gasteiger partial charge >= 0.3 is 0 Å². The SMILES string of the molecule is O=C(c1cc2ccccc2[nH]1)N1CC2(C1)OCC[C@@H]2CCOCc1ccccn1. The standard InChI is InChI=1S/C23H25N3O3/c27-22(21-13-17-5-1-2-7-20(17)25-21)26-15-23(16-26)18(9-12-29-23)8-11-28-14-19-6-3-4-10-24-19/h1-7,10,13,18,25H,8-9,11-12,14-16H2/t18-/m0/s1. The average Bonchev–Trinajstić information content (AvgIpc) is 3.34. The van der Waals surface area contributed by atoms with Crippen LogP contribution in [-0.2, 0) is 16.1 Å². The molecular weight excluding hydrogens is 366 g/mol. The number of nitrogens with zero attached hydrogens (tertiary/aromatic N) is 2. The molecule has 150 valence electrons. The highest BCUT2D eigenvalue weighted by Crippen LogP contribution is 2.42. The number of rotatable bonds is 6. The number of carbonyl (C=O) groups is 1. The van der Waals surface area contributed by atoms with E-state index in [0.29, 0.717) is 37.9 Å². The van der Waals surface area contributed by atoms with Gasteiger partial charge in [0.05, 0.1) is 25.4 Å². The number of aromatic nitrogens is 2. The molecule has 0 radical (unpaired) electrons. The van der Waals surface area contributed by atoms with Crippen molar-refractivity contribution in [2.45, 2.75) is 25.0 Å². The van der Waals surface area contributed by atoms with Crippen LogP contribution >= 0.6 is 0 Å². The van der Waals surface area contributed by atoms with Crippen LogP contribution in [0.3, 0.4) is 0 Å². The van der Waals surface area contributed by atoms with E-state index >= 15 is 0 Å². The number of aromatic amines is 1. The smallest absolute Gasteiger partial charge is 0.270 e. The molecule has 0 bridgehead atoms. The summed E-state index contributed by atoms with van der Waals surface area (Å²) in [6.45, 7) is 3.30. The van der Waals surface area contributed by atoms with Gasteiger partial charge in [-0.3, -0.25) is 9.78 Å². The molecule has 29 heavy (non-hydrogen) atoms. The van der Waals surface area contributed by atoms with Crippen molar-refractivity contribution in [1.29, 1.82) is 0 Å². The monoisotopic (exact) mass is 391 g/mol. The molecule has 2 aliphatic heterocycles. The van der Waals surface area contributed by atoms with Gasteiger partial charge in [-0.1, -0.05) is 24.3 Å². The summed E-state index contributed by atoms with van der Waals surface area (Å²) in [5.74, 6) is 0.477. The molecule has 1 atom stereocenters. The van der Waals surface area contributed by atoms with Crippen molar-refractivity contribution in [3.8, 4) is 0 Å². The first-order chi connectivity index (χ1) is 14.2. The van der Waals surface area contributed by atoms with Crippen molar-refractivity contribution in [3.63, 3.8) is 0 Å². The lowest BCUT2D eigenvalue weighted by atomic mass is 9.79. The van der Waals surface area contributed by atoms with Gasteiger partial charge in [-0.2, -0.15) is 0 Å². The number of H-pyrrole nitrogens is 1. The first-order valence-electron chi connectivity index (χ1n) is 10.2. The molecule has 5 rings (SSSR count). The van der Waals surface area contributed by atoms with E-state index in [1.165, 1.54) is 0 Å². The molecule has 2 fully saturated rings. The van der Waals surface area contributed by atoms with E-state index in [1.54, 1.807) is 6.20 Å². The van der Waals surface area contributed by atoms with E-state index < -0.39 is 0 Å². The van der Waals surface area contributed by atoms with Crippen LogP contribution in [0, 0.1) is 5.92 Å². The summed E-state index contributed by atoms with van der Waals surface area (Å²) in [6.07, 6.45) is 3.76. The number of hydrogen-bond donors (Lipinski definition) is 1. The molecule has 2 saturated heterocycles. The summed E-state index contributed by atoms with van der Waals surface area (Å²) in [4.78, 5) is 22.3. The van der Waals surface area contributed by atoms with Crippen molar-refractivity contribution in [2.24, 2.45) is 5.92 Å². The Morgan fingerprint density at radius 2 is 2.10 bits per heavy atom. The summed E-state index contributed by atoms with van der Waals surface area (Å²) in [7, 11) is 0. The van der Waals surface area contributed by atoms with E-state index in [2.05, 4.69) is 9.97 Å². The van der Waals surface area contributed by atoms with Crippen LogP contribution in [0.4, 0.5) is 0 Å². The summed E-state index contributed by atoms with van der Waals surface area (Å²) in [5.41, 5.74) is 2.39. The van der Waals surface area contributed by atoms with Crippen LogP contribution in [0.25, 0.3) is 10.9 Å². The van der Waals surface area contributed by atoms with Crippen molar-refractivity contribution in [3.05, 3.63) is 66.1 Å². The number of likely N-dealkylation sites (tertiary alicyclic amines) is 1. The average molecular weight is 391 g/mol. The van der Waals surface area contributed by atoms with Crippen LogP contribution < -0.4 is 0 Å². The Morgan fingerprint density at radius 3 is 2.93 bits per heavy atom. The lowest BCUT2D eigenvalue weighted by Gasteiger charge is -2.50. The maximum Gasteiger partial charge on any atom is 0.270 e. The Morgan fingerprint density at radius 1 is 1.24 bits per heavy atom. The fourth-order valence-corrected chi connectivity index (χ4v) is 4.53. The second-order valence-corrected chi connectivity index (χ2v) is 7.99.